The Hall–Kier alpha value is -5.45. The highest BCUT2D eigenvalue weighted by atomic mass is 16.3. The van der Waals surface area contributed by atoms with Gasteiger partial charge in [-0.2, -0.15) is 0 Å². The first-order chi connectivity index (χ1) is 20.4. The van der Waals surface area contributed by atoms with Crippen molar-refractivity contribution in [3.8, 4) is 22.9 Å². The molecule has 0 atom stereocenters. The molecule has 0 fully saturated rings. The molecule has 0 bridgehead atoms. The van der Waals surface area contributed by atoms with Gasteiger partial charge in [-0.15, -0.1) is 30.0 Å². The third-order valence-electron chi connectivity index (χ3n) is 7.16. The molecule has 0 unspecified atom stereocenters. The van der Waals surface area contributed by atoms with E-state index in [-0.39, 0.29) is 24.6 Å². The van der Waals surface area contributed by atoms with Gasteiger partial charge in [-0.1, -0.05) is 50.2 Å². The van der Waals surface area contributed by atoms with Gasteiger partial charge in [0.1, 0.15) is 44.9 Å². The fourth-order valence-corrected chi connectivity index (χ4v) is 4.82. The lowest BCUT2D eigenvalue weighted by Gasteiger charge is -2.14. The molecular formula is C31H30N8O3. The van der Waals surface area contributed by atoms with Crippen molar-refractivity contribution in [3.05, 3.63) is 95.1 Å². The van der Waals surface area contributed by atoms with E-state index in [9.17, 15) is 15.0 Å². The topological polar surface area (TPSA) is 143 Å². The Kier molecular flexibility index (Phi) is 7.14. The van der Waals surface area contributed by atoms with E-state index in [1.54, 1.807) is 0 Å². The normalized spacial score (nSPS) is 11.3. The first-order valence-corrected chi connectivity index (χ1v) is 13.8. The van der Waals surface area contributed by atoms with E-state index in [2.05, 4.69) is 31.0 Å². The van der Waals surface area contributed by atoms with Crippen molar-refractivity contribution in [1.82, 2.24) is 40.6 Å². The second-order valence-electron chi connectivity index (χ2n) is 9.95. The van der Waals surface area contributed by atoms with Gasteiger partial charge in [-0.05, 0) is 60.4 Å². The minimum Gasteiger partial charge on any atom is -0.505 e. The van der Waals surface area contributed by atoms with Gasteiger partial charge >= 0.3 is 6.03 Å². The molecule has 0 aliphatic heterocycles. The number of aromatic nitrogens is 6. The molecule has 2 aromatic heterocycles. The zero-order valence-electron chi connectivity index (χ0n) is 23.2. The predicted octanol–water partition coefficient (Wildman–Crippen LogP) is 4.69. The molecule has 0 aliphatic rings. The highest BCUT2D eigenvalue weighted by molar-refractivity contribution is 5.76. The summed E-state index contributed by atoms with van der Waals surface area (Å²) in [5, 5.41) is 45.7. The van der Waals surface area contributed by atoms with Gasteiger partial charge < -0.3 is 20.8 Å². The second-order valence-corrected chi connectivity index (χ2v) is 9.95. The van der Waals surface area contributed by atoms with Crippen LogP contribution < -0.4 is 10.6 Å². The van der Waals surface area contributed by atoms with Crippen LogP contribution in [-0.4, -0.2) is 46.2 Å². The van der Waals surface area contributed by atoms with Crippen LogP contribution in [0.5, 0.6) is 11.5 Å². The lowest BCUT2D eigenvalue weighted by Crippen LogP contribution is -2.34. The van der Waals surface area contributed by atoms with Gasteiger partial charge in [0.05, 0.1) is 0 Å². The minimum absolute atomic E-state index is 0.00940. The molecule has 2 amide bonds. The summed E-state index contributed by atoms with van der Waals surface area (Å²) in [6.07, 6.45) is 1.45. The molecule has 0 aliphatic carbocycles. The number of phenolic OH excluding ortho intramolecular Hbond substituents is 2. The molecule has 0 radical (unpaired) electrons. The monoisotopic (exact) mass is 562 g/mol. The van der Waals surface area contributed by atoms with Crippen molar-refractivity contribution in [2.45, 2.75) is 39.8 Å². The average molecular weight is 563 g/mol. The van der Waals surface area contributed by atoms with Crippen LogP contribution in [0.2, 0.25) is 0 Å². The molecule has 6 rings (SSSR count). The standard InChI is InChI=1S/C31H30N8O3/c1-3-19-13-21(29(40)27(15-19)38-34-23-9-5-6-10-24(23)35-38)17-32-31(42)33-18-22-14-20(4-2)16-28(30(22)41)39-36-25-11-7-8-12-26(25)37-39/h5-16,40-41H,3-4,17-18H2,1-2H3,(H2,32,33,42). The number of amides is 2. The molecule has 4 aromatic carbocycles. The summed E-state index contributed by atoms with van der Waals surface area (Å²) in [6.45, 7) is 4.18. The van der Waals surface area contributed by atoms with E-state index in [0.29, 0.717) is 44.6 Å². The van der Waals surface area contributed by atoms with Crippen LogP contribution in [0.25, 0.3) is 33.4 Å². The number of fused-ring (bicyclic) bond motifs is 2. The Balaban J connectivity index is 1.18. The molecule has 2 heterocycles. The van der Waals surface area contributed by atoms with E-state index in [0.717, 1.165) is 24.0 Å². The summed E-state index contributed by atoms with van der Waals surface area (Å²) in [5.41, 5.74) is 6.76. The van der Waals surface area contributed by atoms with Gasteiger partial charge in [0.2, 0.25) is 0 Å². The number of carbonyl (C=O) groups excluding carboxylic acids is 1. The van der Waals surface area contributed by atoms with Crippen LogP contribution in [0.4, 0.5) is 4.79 Å². The Labute approximate surface area is 241 Å². The summed E-state index contributed by atoms with van der Waals surface area (Å²) in [4.78, 5) is 15.7. The molecule has 11 nitrogen and oxygen atoms in total. The van der Waals surface area contributed by atoms with E-state index >= 15 is 0 Å². The Morgan fingerprint density at radius 3 is 1.33 bits per heavy atom. The predicted molar refractivity (Wildman–Crippen MR) is 159 cm³/mol. The molecule has 0 spiro atoms. The SMILES string of the molecule is CCc1cc(CNC(=O)NCc2cc(CC)cc(-n3nc4ccccc4n3)c2O)c(O)c(-n2nc3ccccc3n2)c1. The first-order valence-electron chi connectivity index (χ1n) is 13.8. The third-order valence-corrected chi connectivity index (χ3v) is 7.16. The maximum Gasteiger partial charge on any atom is 0.315 e. The van der Waals surface area contributed by atoms with Crippen LogP contribution in [0.15, 0.2) is 72.8 Å². The lowest BCUT2D eigenvalue weighted by atomic mass is 10.1. The van der Waals surface area contributed by atoms with E-state index in [4.69, 9.17) is 0 Å². The van der Waals surface area contributed by atoms with Crippen LogP contribution in [0, 0.1) is 0 Å². The van der Waals surface area contributed by atoms with E-state index in [1.807, 2.05) is 86.6 Å². The van der Waals surface area contributed by atoms with Crippen molar-refractivity contribution in [2.75, 3.05) is 0 Å². The first kappa shape index (κ1) is 26.8. The van der Waals surface area contributed by atoms with E-state index < -0.39 is 6.03 Å². The van der Waals surface area contributed by atoms with Crippen molar-refractivity contribution in [3.63, 3.8) is 0 Å². The summed E-state index contributed by atoms with van der Waals surface area (Å²) in [6, 6.07) is 21.9. The highest BCUT2D eigenvalue weighted by Gasteiger charge is 2.17. The molecule has 212 valence electrons. The van der Waals surface area contributed by atoms with Crippen LogP contribution in [0.1, 0.15) is 36.1 Å². The number of nitrogens with zero attached hydrogens (tertiary/aromatic N) is 6. The number of benzene rings is 4. The zero-order valence-corrected chi connectivity index (χ0v) is 23.2. The number of rotatable bonds is 8. The largest absolute Gasteiger partial charge is 0.505 e. The number of urea groups is 1. The molecule has 0 saturated heterocycles. The van der Waals surface area contributed by atoms with Gasteiger partial charge in [-0.3, -0.25) is 0 Å². The maximum absolute atomic E-state index is 12.8. The highest BCUT2D eigenvalue weighted by Crippen LogP contribution is 2.30. The fourth-order valence-electron chi connectivity index (χ4n) is 4.82. The van der Waals surface area contributed by atoms with Crippen LogP contribution in [-0.2, 0) is 25.9 Å². The number of aryl methyl sites for hydroxylation is 2. The minimum atomic E-state index is -0.452. The molecule has 42 heavy (non-hydrogen) atoms. The van der Waals surface area contributed by atoms with Crippen molar-refractivity contribution >= 4 is 28.1 Å². The smallest absolute Gasteiger partial charge is 0.315 e. The van der Waals surface area contributed by atoms with Crippen molar-refractivity contribution in [2.24, 2.45) is 0 Å². The summed E-state index contributed by atoms with van der Waals surface area (Å²) in [7, 11) is 0. The number of hydrogen-bond donors (Lipinski definition) is 4. The Morgan fingerprint density at radius 1 is 0.643 bits per heavy atom. The Morgan fingerprint density at radius 2 is 1.00 bits per heavy atom. The van der Waals surface area contributed by atoms with Gasteiger partial charge in [-0.25, -0.2) is 4.79 Å². The number of hydrogen-bond acceptors (Lipinski definition) is 7. The van der Waals surface area contributed by atoms with E-state index in [1.165, 1.54) is 9.59 Å². The number of aromatic hydroxyl groups is 2. The molecular weight excluding hydrogens is 532 g/mol. The molecule has 0 saturated carbocycles. The molecule has 11 heteroatoms. The van der Waals surface area contributed by atoms with Gasteiger partial charge in [0.15, 0.2) is 0 Å². The summed E-state index contributed by atoms with van der Waals surface area (Å²) >= 11 is 0. The fraction of sp³-hybridized carbons (Fsp3) is 0.194. The van der Waals surface area contributed by atoms with Gasteiger partial charge in [0.25, 0.3) is 0 Å². The summed E-state index contributed by atoms with van der Waals surface area (Å²) in [5.74, 6) is -0.0188. The maximum atomic E-state index is 12.8. The lowest BCUT2D eigenvalue weighted by molar-refractivity contribution is 0.240. The van der Waals surface area contributed by atoms with Crippen LogP contribution >= 0.6 is 0 Å². The second kappa shape index (κ2) is 11.2. The molecule has 4 N–H and O–H groups in total. The van der Waals surface area contributed by atoms with Crippen LogP contribution in [0.3, 0.4) is 0 Å². The average Bonchev–Trinajstić information content (AvgIpc) is 3.64. The third kappa shape index (κ3) is 5.19. The van der Waals surface area contributed by atoms with Crippen molar-refractivity contribution < 1.29 is 15.0 Å². The zero-order chi connectivity index (χ0) is 29.2. The number of nitrogens with one attached hydrogen (secondary N) is 2. The number of carbonyl (C=O) groups is 1. The molecule has 6 aromatic rings. The van der Waals surface area contributed by atoms with Gasteiger partial charge in [0, 0.05) is 24.2 Å². The quantitative estimate of drug-likeness (QED) is 0.211. The van der Waals surface area contributed by atoms with Crippen molar-refractivity contribution in [1.29, 1.82) is 0 Å². The number of phenols is 2. The Bertz CT molecular complexity index is 1720. The summed E-state index contributed by atoms with van der Waals surface area (Å²) < 4.78 is 0.